The molecule has 0 aliphatic carbocycles. The topological polar surface area (TPSA) is 132 Å². The number of carbonyl (C=O) groups excluding carboxylic acids is 1. The Morgan fingerprint density at radius 2 is 1.97 bits per heavy atom. The van der Waals surface area contributed by atoms with Crippen LogP contribution in [-0.2, 0) is 16.6 Å². The zero-order valence-corrected chi connectivity index (χ0v) is 21.9. The van der Waals surface area contributed by atoms with Gasteiger partial charge in [-0.05, 0) is 62.6 Å². The van der Waals surface area contributed by atoms with Crippen LogP contribution in [0.15, 0.2) is 47.1 Å². The number of nitrogens with zero attached hydrogens (tertiary/aromatic N) is 4. The number of hydrogen-bond donors (Lipinski definition) is 2. The molecule has 0 unspecified atom stereocenters. The average molecular weight is 531 g/mol. The van der Waals surface area contributed by atoms with E-state index in [0.29, 0.717) is 40.8 Å². The summed E-state index contributed by atoms with van der Waals surface area (Å²) in [6.07, 6.45) is 3.10. The minimum atomic E-state index is -3.90. The van der Waals surface area contributed by atoms with Crippen LogP contribution in [-0.4, -0.2) is 67.0 Å². The van der Waals surface area contributed by atoms with Crippen LogP contribution in [0.1, 0.15) is 37.0 Å². The van der Waals surface area contributed by atoms with Crippen molar-refractivity contribution in [1.82, 2.24) is 24.6 Å². The molecule has 0 spiro atoms. The maximum absolute atomic E-state index is 14.3. The molecule has 3 N–H and O–H groups in total. The van der Waals surface area contributed by atoms with Crippen molar-refractivity contribution in [2.75, 3.05) is 26.7 Å². The van der Waals surface area contributed by atoms with Crippen LogP contribution in [0.2, 0.25) is 0 Å². The number of likely N-dealkylation sites (tertiary alicyclic amines) is 1. The molecule has 1 aliphatic rings. The largest absolute Gasteiger partial charge is 0.495 e. The van der Waals surface area contributed by atoms with Crippen LogP contribution in [0.3, 0.4) is 0 Å². The van der Waals surface area contributed by atoms with Crippen molar-refractivity contribution in [1.29, 1.82) is 0 Å². The predicted octanol–water partition coefficient (Wildman–Crippen LogP) is 2.84. The molecule has 4 rings (SSSR count). The van der Waals surface area contributed by atoms with Crippen LogP contribution in [0.5, 0.6) is 5.75 Å². The molecule has 1 saturated heterocycles. The summed E-state index contributed by atoms with van der Waals surface area (Å²) in [5.41, 5.74) is 7.66. The van der Waals surface area contributed by atoms with Crippen molar-refractivity contribution in [2.45, 2.75) is 44.2 Å². The average Bonchev–Trinajstić information content (AvgIpc) is 3.53. The molecule has 37 heavy (non-hydrogen) atoms. The molecular weight excluding hydrogens is 499 g/mol. The monoisotopic (exact) mass is 530 g/mol. The molecule has 0 atom stereocenters. The molecular formula is C25H31FN6O4S. The highest BCUT2D eigenvalue weighted by Crippen LogP contribution is 2.34. The molecule has 12 heteroatoms. The summed E-state index contributed by atoms with van der Waals surface area (Å²) < 4.78 is 49.7. The van der Waals surface area contributed by atoms with Crippen molar-refractivity contribution < 1.29 is 22.3 Å². The summed E-state index contributed by atoms with van der Waals surface area (Å²) in [7, 11) is -2.51. The van der Waals surface area contributed by atoms with Gasteiger partial charge in [-0.15, -0.1) is 5.10 Å². The van der Waals surface area contributed by atoms with E-state index in [2.05, 4.69) is 15.0 Å². The second kappa shape index (κ2) is 11.0. The zero-order chi connectivity index (χ0) is 26.7. The number of halogens is 1. The van der Waals surface area contributed by atoms with E-state index in [0.717, 1.165) is 12.8 Å². The first-order chi connectivity index (χ1) is 17.6. The minimum Gasteiger partial charge on any atom is -0.495 e. The second-order valence-corrected chi connectivity index (χ2v) is 10.8. The quantitative estimate of drug-likeness (QED) is 0.435. The van der Waals surface area contributed by atoms with E-state index in [9.17, 15) is 17.6 Å². The van der Waals surface area contributed by atoms with Gasteiger partial charge in [0.25, 0.3) is 5.91 Å². The van der Waals surface area contributed by atoms with E-state index in [1.807, 2.05) is 0 Å². The van der Waals surface area contributed by atoms with Gasteiger partial charge in [-0.1, -0.05) is 11.3 Å². The van der Waals surface area contributed by atoms with E-state index < -0.39 is 15.9 Å². The highest BCUT2D eigenvalue weighted by atomic mass is 32.2. The number of benzene rings is 2. The molecule has 1 aliphatic heterocycles. The van der Waals surface area contributed by atoms with Gasteiger partial charge >= 0.3 is 0 Å². The molecule has 0 bridgehead atoms. The molecule has 0 radical (unpaired) electrons. The first kappa shape index (κ1) is 26.7. The van der Waals surface area contributed by atoms with E-state index in [4.69, 9.17) is 10.5 Å². The lowest BCUT2D eigenvalue weighted by Gasteiger charge is -2.17. The van der Waals surface area contributed by atoms with Gasteiger partial charge in [0.05, 0.1) is 19.2 Å². The van der Waals surface area contributed by atoms with E-state index >= 15 is 0 Å². The standard InChI is InChI=1S/C25H31FN6O4S/c1-16(2)29-37(34,35)23-14-17(6-7-22(23)36-3)20-12-18(25(33)31-10-4-5-11-31)13-21-24(20)28-30-32(21)15-19(26)8-9-27/h6-8,12-14,16,29H,4-5,9-11,15,27H2,1-3H3/b19-8-. The lowest BCUT2D eigenvalue weighted by molar-refractivity contribution is 0.0793. The van der Waals surface area contributed by atoms with Gasteiger partial charge < -0.3 is 15.4 Å². The van der Waals surface area contributed by atoms with Crippen molar-refractivity contribution in [3.63, 3.8) is 0 Å². The summed E-state index contributed by atoms with van der Waals surface area (Å²) in [6, 6.07) is 7.73. The summed E-state index contributed by atoms with van der Waals surface area (Å²) in [4.78, 5) is 15.0. The Kier molecular flexibility index (Phi) is 7.90. The number of nitrogens with two attached hydrogens (primary N) is 1. The first-order valence-electron chi connectivity index (χ1n) is 12.1. The first-order valence-corrected chi connectivity index (χ1v) is 13.5. The number of hydrogen-bond acceptors (Lipinski definition) is 7. The third kappa shape index (κ3) is 5.65. The number of rotatable bonds is 9. The van der Waals surface area contributed by atoms with Crippen LogP contribution in [0, 0.1) is 0 Å². The van der Waals surface area contributed by atoms with Gasteiger partial charge in [0.2, 0.25) is 10.0 Å². The number of methoxy groups -OCH3 is 1. The second-order valence-electron chi connectivity index (χ2n) is 9.17. The van der Waals surface area contributed by atoms with Crippen molar-refractivity contribution in [2.24, 2.45) is 5.73 Å². The van der Waals surface area contributed by atoms with Gasteiger partial charge in [0, 0.05) is 36.8 Å². The molecule has 2 heterocycles. The number of aromatic nitrogens is 3. The van der Waals surface area contributed by atoms with Gasteiger partial charge in [0.15, 0.2) is 0 Å². The fraction of sp³-hybridized carbons (Fsp3) is 0.400. The van der Waals surface area contributed by atoms with Crippen molar-refractivity contribution in [3.05, 3.63) is 47.8 Å². The van der Waals surface area contributed by atoms with E-state index in [1.54, 1.807) is 43.0 Å². The zero-order valence-electron chi connectivity index (χ0n) is 21.1. The third-order valence-corrected chi connectivity index (χ3v) is 7.74. The molecule has 2 aromatic carbocycles. The van der Waals surface area contributed by atoms with Gasteiger partial charge in [-0.25, -0.2) is 22.2 Å². The Morgan fingerprint density at radius 3 is 2.62 bits per heavy atom. The number of carbonyl (C=O) groups is 1. The summed E-state index contributed by atoms with van der Waals surface area (Å²) in [5.74, 6) is -0.464. The van der Waals surface area contributed by atoms with Crippen molar-refractivity contribution in [3.8, 4) is 16.9 Å². The molecule has 10 nitrogen and oxygen atoms in total. The smallest absolute Gasteiger partial charge is 0.253 e. The number of amides is 1. The van der Waals surface area contributed by atoms with Gasteiger partial charge in [-0.3, -0.25) is 4.79 Å². The van der Waals surface area contributed by atoms with Crippen LogP contribution in [0.4, 0.5) is 4.39 Å². The maximum Gasteiger partial charge on any atom is 0.253 e. The number of sulfonamides is 1. The highest BCUT2D eigenvalue weighted by Gasteiger charge is 2.25. The number of nitrogens with one attached hydrogen (secondary N) is 1. The van der Waals surface area contributed by atoms with E-state index in [1.165, 1.54) is 23.9 Å². The molecule has 3 aromatic rings. The Balaban J connectivity index is 1.91. The Labute approximate surface area is 215 Å². The lowest BCUT2D eigenvalue weighted by Crippen LogP contribution is -2.30. The SMILES string of the molecule is COc1ccc(-c2cc(C(=O)N3CCCC3)cc3c2nnn3C/C(F)=C/CN)cc1S(=O)(=O)NC(C)C. The Morgan fingerprint density at radius 1 is 1.24 bits per heavy atom. The molecule has 1 fully saturated rings. The molecule has 198 valence electrons. The predicted molar refractivity (Wildman–Crippen MR) is 138 cm³/mol. The van der Waals surface area contributed by atoms with Crippen LogP contribution in [0.25, 0.3) is 22.2 Å². The van der Waals surface area contributed by atoms with Crippen LogP contribution >= 0.6 is 0 Å². The molecule has 1 aromatic heterocycles. The maximum atomic E-state index is 14.3. The number of fused-ring (bicyclic) bond motifs is 1. The Hall–Kier alpha value is -3.35. The summed E-state index contributed by atoms with van der Waals surface area (Å²) in [6.45, 7) is 4.60. The van der Waals surface area contributed by atoms with Crippen LogP contribution < -0.4 is 15.2 Å². The van der Waals surface area contributed by atoms with Crippen molar-refractivity contribution >= 4 is 27.0 Å². The summed E-state index contributed by atoms with van der Waals surface area (Å²) in [5, 5.41) is 8.37. The lowest BCUT2D eigenvalue weighted by atomic mass is 10.00. The highest BCUT2D eigenvalue weighted by molar-refractivity contribution is 7.89. The Bertz CT molecular complexity index is 1440. The minimum absolute atomic E-state index is 0.0376. The third-order valence-electron chi connectivity index (χ3n) is 6.06. The number of ether oxygens (including phenoxy) is 1. The molecule has 1 amide bonds. The van der Waals surface area contributed by atoms with E-state index in [-0.39, 0.29) is 35.7 Å². The van der Waals surface area contributed by atoms with Gasteiger partial charge in [-0.2, -0.15) is 0 Å². The fourth-order valence-electron chi connectivity index (χ4n) is 4.39. The van der Waals surface area contributed by atoms with Gasteiger partial charge in [0.1, 0.15) is 22.0 Å². The summed E-state index contributed by atoms with van der Waals surface area (Å²) >= 11 is 0. The normalized spacial score (nSPS) is 14.6. The molecule has 0 saturated carbocycles. The number of allylic oxidation sites excluding steroid dienone is 1. The fourth-order valence-corrected chi connectivity index (χ4v) is 5.84.